The van der Waals surface area contributed by atoms with Crippen LogP contribution < -0.4 is 9.64 Å². The summed E-state index contributed by atoms with van der Waals surface area (Å²) in [7, 11) is 0. The highest BCUT2D eigenvalue weighted by molar-refractivity contribution is 7.22. The lowest BCUT2D eigenvalue weighted by atomic mass is 9.94. The van der Waals surface area contributed by atoms with Crippen LogP contribution in [0.4, 0.5) is 5.13 Å². The topological polar surface area (TPSA) is 100.0 Å². The molecule has 1 saturated heterocycles. The molecule has 0 spiro atoms. The zero-order chi connectivity index (χ0) is 25.1. The minimum Gasteiger partial charge on any atom is -0.508 e. The molecule has 4 aromatic rings. The number of phenolic OH excluding ortho intramolecular Hbond substituents is 1. The van der Waals surface area contributed by atoms with Gasteiger partial charge >= 0.3 is 5.91 Å². The highest BCUT2D eigenvalue weighted by atomic mass is 32.1. The van der Waals surface area contributed by atoms with Gasteiger partial charge in [-0.15, -0.1) is 0 Å². The molecule has 0 unspecified atom stereocenters. The maximum Gasteiger partial charge on any atom is 0.301 e. The number of hydrogen-bond acceptors (Lipinski definition) is 7. The number of aromatic hydroxyl groups is 1. The molecule has 3 aromatic carbocycles. The summed E-state index contributed by atoms with van der Waals surface area (Å²) in [5.74, 6) is -0.999. The van der Waals surface area contributed by atoms with E-state index in [0.717, 1.165) is 27.1 Å². The third-order valence-corrected chi connectivity index (χ3v) is 7.58. The Labute approximate surface area is 210 Å². The predicted octanol–water partition coefficient (Wildman–Crippen LogP) is 5.26. The lowest BCUT2D eigenvalue weighted by Crippen LogP contribution is -2.29. The van der Waals surface area contributed by atoms with Gasteiger partial charge in [0.15, 0.2) is 5.13 Å². The number of aryl methyl sites for hydroxylation is 1. The fourth-order valence-electron chi connectivity index (χ4n) is 4.85. The Bertz CT molecular complexity index is 1590. The second kappa shape index (κ2) is 8.20. The standard InChI is InChI=1S/C28H22N2O5S/c1-14-3-9-20-22(11-14)36-28(29-20)30-24(16-4-7-19(31)8-5-16)23(26(33)27(30)34)25(32)17-6-10-21-18(13-17)12-15(2)35-21/h3-11,13,15,24,31-32H,12H2,1-2H3/b25-23+/t15-,24+/m1/s1. The van der Waals surface area contributed by atoms with E-state index in [9.17, 15) is 19.8 Å². The van der Waals surface area contributed by atoms with Gasteiger partial charge < -0.3 is 14.9 Å². The van der Waals surface area contributed by atoms with Crippen LogP contribution in [0.2, 0.25) is 0 Å². The first-order valence-electron chi connectivity index (χ1n) is 11.6. The van der Waals surface area contributed by atoms with Crippen molar-refractivity contribution in [1.82, 2.24) is 4.98 Å². The number of amides is 1. The average Bonchev–Trinajstić information content (AvgIpc) is 3.51. The van der Waals surface area contributed by atoms with Crippen molar-refractivity contribution in [3.63, 3.8) is 0 Å². The van der Waals surface area contributed by atoms with E-state index in [2.05, 4.69) is 4.98 Å². The fraction of sp³-hybridized carbons (Fsp3) is 0.179. The largest absolute Gasteiger partial charge is 0.508 e. The summed E-state index contributed by atoms with van der Waals surface area (Å²) >= 11 is 1.31. The van der Waals surface area contributed by atoms with Gasteiger partial charge in [-0.05, 0) is 73.0 Å². The maximum absolute atomic E-state index is 13.4. The number of aromatic nitrogens is 1. The van der Waals surface area contributed by atoms with Gasteiger partial charge in [-0.3, -0.25) is 14.5 Å². The fourth-order valence-corrected chi connectivity index (χ4v) is 5.94. The molecule has 0 bridgehead atoms. The van der Waals surface area contributed by atoms with E-state index in [1.807, 2.05) is 32.0 Å². The van der Waals surface area contributed by atoms with Crippen LogP contribution in [0.15, 0.2) is 66.2 Å². The van der Waals surface area contributed by atoms with Gasteiger partial charge in [0.1, 0.15) is 23.4 Å². The van der Waals surface area contributed by atoms with Crippen molar-refractivity contribution in [3.05, 3.63) is 88.5 Å². The molecule has 1 fully saturated rings. The third-order valence-electron chi connectivity index (χ3n) is 6.56. The Morgan fingerprint density at radius 3 is 2.64 bits per heavy atom. The molecule has 0 aliphatic carbocycles. The maximum atomic E-state index is 13.4. The van der Waals surface area contributed by atoms with Crippen LogP contribution in [0.25, 0.3) is 16.0 Å². The normalized spacial score (nSPS) is 20.7. The van der Waals surface area contributed by atoms with Gasteiger partial charge in [-0.1, -0.05) is 29.5 Å². The van der Waals surface area contributed by atoms with Gasteiger partial charge in [0.25, 0.3) is 5.78 Å². The molecule has 2 N–H and O–H groups in total. The number of carbonyl (C=O) groups is 2. The minimum atomic E-state index is -0.907. The number of rotatable bonds is 3. The first-order chi connectivity index (χ1) is 17.3. The van der Waals surface area contributed by atoms with Gasteiger partial charge in [0.2, 0.25) is 0 Å². The van der Waals surface area contributed by atoms with Crippen LogP contribution in [0, 0.1) is 6.92 Å². The third kappa shape index (κ3) is 3.53. The van der Waals surface area contributed by atoms with E-state index in [4.69, 9.17) is 4.74 Å². The summed E-state index contributed by atoms with van der Waals surface area (Å²) in [5.41, 5.74) is 3.70. The number of carbonyl (C=O) groups excluding carboxylic acids is 2. The van der Waals surface area contributed by atoms with Crippen molar-refractivity contribution >= 4 is 44.1 Å². The van der Waals surface area contributed by atoms with Gasteiger partial charge in [0.05, 0.1) is 21.8 Å². The zero-order valence-electron chi connectivity index (χ0n) is 19.6. The predicted molar refractivity (Wildman–Crippen MR) is 137 cm³/mol. The summed E-state index contributed by atoms with van der Waals surface area (Å²) in [6.45, 7) is 3.94. The van der Waals surface area contributed by atoms with Crippen LogP contribution in [-0.4, -0.2) is 33.0 Å². The smallest absolute Gasteiger partial charge is 0.301 e. The summed E-state index contributed by atoms with van der Waals surface area (Å²) in [6, 6.07) is 16.4. The van der Waals surface area contributed by atoms with E-state index in [1.165, 1.54) is 28.4 Å². The van der Waals surface area contributed by atoms with E-state index >= 15 is 0 Å². The van der Waals surface area contributed by atoms with Crippen LogP contribution in [-0.2, 0) is 16.0 Å². The SMILES string of the molecule is Cc1ccc2nc(N3C(=O)C(=O)/C(=C(/O)c4ccc5c(c4)C[C@@H](C)O5)[C@@H]3c3ccc(O)cc3)sc2c1. The van der Waals surface area contributed by atoms with Crippen molar-refractivity contribution in [2.24, 2.45) is 0 Å². The molecule has 3 heterocycles. The van der Waals surface area contributed by atoms with E-state index in [0.29, 0.717) is 22.7 Å². The average molecular weight is 499 g/mol. The quantitative estimate of drug-likeness (QED) is 0.227. The number of hydrogen-bond donors (Lipinski definition) is 2. The second-order valence-electron chi connectivity index (χ2n) is 9.18. The molecule has 7 nitrogen and oxygen atoms in total. The lowest BCUT2D eigenvalue weighted by Gasteiger charge is -2.23. The molecule has 36 heavy (non-hydrogen) atoms. The number of aliphatic hydroxyl groups is 1. The highest BCUT2D eigenvalue weighted by Crippen LogP contribution is 2.45. The van der Waals surface area contributed by atoms with Crippen molar-refractivity contribution in [1.29, 1.82) is 0 Å². The summed E-state index contributed by atoms with van der Waals surface area (Å²) in [6.07, 6.45) is 0.722. The second-order valence-corrected chi connectivity index (χ2v) is 10.2. The number of thiazole rings is 1. The summed E-state index contributed by atoms with van der Waals surface area (Å²) < 4.78 is 6.65. The summed E-state index contributed by atoms with van der Waals surface area (Å²) in [4.78, 5) is 32.8. The van der Waals surface area contributed by atoms with Crippen molar-refractivity contribution in [2.45, 2.75) is 32.4 Å². The number of Topliss-reactive ketones (excluding diaryl/α,β-unsaturated/α-hetero) is 1. The lowest BCUT2D eigenvalue weighted by molar-refractivity contribution is -0.132. The minimum absolute atomic E-state index is 0.0203. The van der Waals surface area contributed by atoms with Gasteiger partial charge in [-0.2, -0.15) is 0 Å². The number of ether oxygens (including phenoxy) is 1. The molecule has 0 saturated carbocycles. The van der Waals surface area contributed by atoms with Gasteiger partial charge in [-0.25, -0.2) is 4.98 Å². The van der Waals surface area contributed by atoms with Crippen LogP contribution in [0.5, 0.6) is 11.5 Å². The van der Waals surface area contributed by atoms with Crippen LogP contribution in [0.1, 0.15) is 35.2 Å². The highest BCUT2D eigenvalue weighted by Gasteiger charge is 2.48. The Balaban J connectivity index is 1.53. The van der Waals surface area contributed by atoms with E-state index in [1.54, 1.807) is 30.3 Å². The number of aliphatic hydroxyl groups excluding tert-OH is 1. The molecule has 0 radical (unpaired) electrons. The van der Waals surface area contributed by atoms with Crippen molar-refractivity contribution in [3.8, 4) is 11.5 Å². The molecule has 1 aromatic heterocycles. The zero-order valence-corrected chi connectivity index (χ0v) is 20.4. The van der Waals surface area contributed by atoms with E-state index < -0.39 is 17.7 Å². The number of nitrogens with zero attached hydrogens (tertiary/aromatic N) is 2. The Morgan fingerprint density at radius 2 is 1.86 bits per heavy atom. The van der Waals surface area contributed by atoms with Crippen molar-refractivity contribution < 1.29 is 24.5 Å². The number of anilines is 1. The Kier molecular flexibility index (Phi) is 5.08. The molecular weight excluding hydrogens is 476 g/mol. The van der Waals surface area contributed by atoms with Crippen molar-refractivity contribution in [2.75, 3.05) is 4.90 Å². The van der Waals surface area contributed by atoms with Crippen LogP contribution in [0.3, 0.4) is 0 Å². The molecule has 6 rings (SSSR count). The number of ketones is 1. The number of phenols is 1. The molecule has 180 valence electrons. The first-order valence-corrected chi connectivity index (χ1v) is 12.4. The first kappa shape index (κ1) is 22.3. The molecule has 8 heteroatoms. The Hall–Kier alpha value is -4.17. The summed E-state index contributed by atoms with van der Waals surface area (Å²) in [5, 5.41) is 21.6. The van der Waals surface area contributed by atoms with E-state index in [-0.39, 0.29) is 23.2 Å². The molecule has 1 amide bonds. The molecule has 2 aliphatic heterocycles. The molecular formula is C28H22N2O5S. The Morgan fingerprint density at radius 1 is 1.08 bits per heavy atom. The number of benzene rings is 3. The molecule has 2 aliphatic rings. The number of fused-ring (bicyclic) bond motifs is 2. The molecule has 2 atom stereocenters. The van der Waals surface area contributed by atoms with Gasteiger partial charge in [0, 0.05) is 12.0 Å². The van der Waals surface area contributed by atoms with Crippen LogP contribution >= 0.6 is 11.3 Å². The monoisotopic (exact) mass is 498 g/mol.